The lowest BCUT2D eigenvalue weighted by Crippen LogP contribution is -2.27. The van der Waals surface area contributed by atoms with Crippen molar-refractivity contribution in [1.82, 2.24) is 4.90 Å². The smallest absolute Gasteiger partial charge is 0.266 e. The molecule has 0 radical (unpaired) electrons. The molecule has 0 unspecified atom stereocenters. The molecule has 120 valence electrons. The lowest BCUT2D eigenvalue weighted by atomic mass is 10.2. The lowest BCUT2D eigenvalue weighted by Gasteiger charge is -2.11. The number of carbonyl (C=O) groups excluding carboxylic acids is 1. The van der Waals surface area contributed by atoms with Crippen molar-refractivity contribution in [2.75, 3.05) is 20.3 Å². The second kappa shape index (κ2) is 7.99. The molecule has 1 aliphatic rings. The van der Waals surface area contributed by atoms with Crippen molar-refractivity contribution in [3.63, 3.8) is 0 Å². The first-order chi connectivity index (χ1) is 11.1. The number of rotatable bonds is 7. The van der Waals surface area contributed by atoms with Crippen LogP contribution in [0, 0.1) is 0 Å². The second-order valence-electron chi connectivity index (χ2n) is 4.59. The molecule has 1 aromatic carbocycles. The number of carbonyl (C=O) groups is 1. The first kappa shape index (κ1) is 17.3. The van der Waals surface area contributed by atoms with Crippen molar-refractivity contribution in [3.8, 4) is 11.5 Å². The van der Waals surface area contributed by atoms with Crippen LogP contribution in [0.5, 0.6) is 11.5 Å². The normalized spacial score (nSPS) is 15.9. The van der Waals surface area contributed by atoms with Gasteiger partial charge in [-0.3, -0.25) is 9.69 Å². The van der Waals surface area contributed by atoms with Crippen molar-refractivity contribution in [1.29, 1.82) is 0 Å². The van der Waals surface area contributed by atoms with Crippen LogP contribution < -0.4 is 9.47 Å². The monoisotopic (exact) mass is 347 g/mol. The first-order valence-corrected chi connectivity index (χ1v) is 8.11. The molecule has 4 nitrogen and oxygen atoms in total. The van der Waals surface area contributed by atoms with E-state index in [1.165, 1.54) is 16.7 Å². The fraction of sp³-hybridized carbons (Fsp3) is 0.176. The number of hydrogen-bond donors (Lipinski definition) is 0. The molecule has 1 amide bonds. The third-order valence-electron chi connectivity index (χ3n) is 3.03. The van der Waals surface area contributed by atoms with E-state index in [2.05, 4.69) is 13.2 Å². The fourth-order valence-corrected chi connectivity index (χ4v) is 3.25. The average Bonchev–Trinajstić information content (AvgIpc) is 2.81. The Morgan fingerprint density at radius 3 is 2.74 bits per heavy atom. The maximum atomic E-state index is 12.3. The number of amides is 1. The molecule has 1 saturated heterocycles. The highest BCUT2D eigenvalue weighted by atomic mass is 32.2. The standard InChI is InChI=1S/C17H17NO3S2/c1-4-8-18-16(19)15(23-17(18)22)11-12-6-7-13(21-9-5-2)14(10-12)20-3/h4-7,10-11H,1-2,8-9H2,3H3/b15-11+. The Labute approximate surface area is 145 Å². The van der Waals surface area contributed by atoms with Crippen LogP contribution in [0.1, 0.15) is 5.56 Å². The Morgan fingerprint density at radius 1 is 1.30 bits per heavy atom. The van der Waals surface area contributed by atoms with Gasteiger partial charge >= 0.3 is 0 Å². The molecule has 2 rings (SSSR count). The van der Waals surface area contributed by atoms with Gasteiger partial charge in [0, 0.05) is 6.54 Å². The van der Waals surface area contributed by atoms with Crippen LogP contribution in [0.15, 0.2) is 48.4 Å². The highest BCUT2D eigenvalue weighted by Crippen LogP contribution is 2.34. The Hall–Kier alpha value is -2.05. The van der Waals surface area contributed by atoms with Crippen molar-refractivity contribution >= 4 is 40.3 Å². The number of thiocarbonyl (C=S) groups is 1. The summed E-state index contributed by atoms with van der Waals surface area (Å²) in [7, 11) is 1.57. The minimum atomic E-state index is -0.106. The van der Waals surface area contributed by atoms with Gasteiger partial charge in [-0.2, -0.15) is 0 Å². The zero-order chi connectivity index (χ0) is 16.8. The molecule has 0 saturated carbocycles. The van der Waals surface area contributed by atoms with Gasteiger partial charge in [0.2, 0.25) is 0 Å². The van der Waals surface area contributed by atoms with Gasteiger partial charge in [0.25, 0.3) is 5.91 Å². The van der Waals surface area contributed by atoms with E-state index in [0.717, 1.165) is 5.56 Å². The first-order valence-electron chi connectivity index (χ1n) is 6.88. The van der Waals surface area contributed by atoms with Gasteiger partial charge in [-0.15, -0.1) is 6.58 Å². The van der Waals surface area contributed by atoms with Gasteiger partial charge in [-0.1, -0.05) is 48.8 Å². The summed E-state index contributed by atoms with van der Waals surface area (Å²) >= 11 is 6.50. The molecular formula is C17H17NO3S2. The van der Waals surface area contributed by atoms with Crippen molar-refractivity contribution in [3.05, 3.63) is 54.0 Å². The van der Waals surface area contributed by atoms with Gasteiger partial charge in [-0.25, -0.2) is 0 Å². The van der Waals surface area contributed by atoms with Gasteiger partial charge in [-0.05, 0) is 23.8 Å². The summed E-state index contributed by atoms with van der Waals surface area (Å²) in [6.45, 7) is 8.07. The van der Waals surface area contributed by atoms with Gasteiger partial charge in [0.05, 0.1) is 12.0 Å². The number of nitrogens with zero attached hydrogens (tertiary/aromatic N) is 1. The molecule has 23 heavy (non-hydrogen) atoms. The number of benzene rings is 1. The number of ether oxygens (including phenoxy) is 2. The SMILES string of the molecule is C=CCOc1ccc(/C=C2/SC(=S)N(CC=C)C2=O)cc1OC. The molecule has 0 N–H and O–H groups in total. The van der Waals surface area contributed by atoms with E-state index >= 15 is 0 Å². The molecule has 1 fully saturated rings. The maximum absolute atomic E-state index is 12.3. The van der Waals surface area contributed by atoms with Crippen molar-refractivity contribution in [2.24, 2.45) is 0 Å². The molecule has 1 aliphatic heterocycles. The van der Waals surface area contributed by atoms with E-state index in [1.54, 1.807) is 31.4 Å². The summed E-state index contributed by atoms with van der Waals surface area (Å²) in [5, 5.41) is 0. The topological polar surface area (TPSA) is 38.8 Å². The highest BCUT2D eigenvalue weighted by Gasteiger charge is 2.30. The number of thioether (sulfide) groups is 1. The maximum Gasteiger partial charge on any atom is 0.266 e. The quantitative estimate of drug-likeness (QED) is 0.428. The summed E-state index contributed by atoms with van der Waals surface area (Å²) in [6, 6.07) is 5.48. The minimum Gasteiger partial charge on any atom is -0.493 e. The third-order valence-corrected chi connectivity index (χ3v) is 4.41. The molecule has 0 aromatic heterocycles. The lowest BCUT2D eigenvalue weighted by molar-refractivity contribution is -0.121. The number of hydrogen-bond acceptors (Lipinski definition) is 5. The largest absolute Gasteiger partial charge is 0.493 e. The summed E-state index contributed by atoms with van der Waals surface area (Å²) < 4.78 is 11.4. The zero-order valence-electron chi connectivity index (χ0n) is 12.8. The van der Waals surface area contributed by atoms with Gasteiger partial charge in [0.15, 0.2) is 11.5 Å². The van der Waals surface area contributed by atoms with Crippen LogP contribution in [0.2, 0.25) is 0 Å². The summed E-state index contributed by atoms with van der Waals surface area (Å²) in [6.07, 6.45) is 5.11. The fourth-order valence-electron chi connectivity index (χ4n) is 1.98. The van der Waals surface area contributed by atoms with Crippen LogP contribution in [0.25, 0.3) is 6.08 Å². The summed E-state index contributed by atoms with van der Waals surface area (Å²) in [5.74, 6) is 1.12. The Bertz CT molecular complexity index is 682. The molecule has 6 heteroatoms. The van der Waals surface area contributed by atoms with Crippen LogP contribution >= 0.6 is 24.0 Å². The molecule has 0 atom stereocenters. The van der Waals surface area contributed by atoms with Crippen LogP contribution in [0.4, 0.5) is 0 Å². The van der Waals surface area contributed by atoms with E-state index in [0.29, 0.717) is 33.9 Å². The van der Waals surface area contributed by atoms with Crippen LogP contribution in [-0.4, -0.2) is 35.4 Å². The number of methoxy groups -OCH3 is 1. The molecular weight excluding hydrogens is 330 g/mol. The predicted octanol–water partition coefficient (Wildman–Crippen LogP) is 3.65. The Balaban J connectivity index is 2.25. The molecule has 1 aromatic rings. The minimum absolute atomic E-state index is 0.106. The van der Waals surface area contributed by atoms with Gasteiger partial charge in [0.1, 0.15) is 10.9 Å². The summed E-state index contributed by atoms with van der Waals surface area (Å²) in [4.78, 5) is 14.4. The van der Waals surface area contributed by atoms with Crippen LogP contribution in [-0.2, 0) is 4.79 Å². The van der Waals surface area contributed by atoms with Crippen LogP contribution in [0.3, 0.4) is 0 Å². The molecule has 0 aliphatic carbocycles. The second-order valence-corrected chi connectivity index (χ2v) is 6.27. The Kier molecular flexibility index (Phi) is 6.01. The third kappa shape index (κ3) is 4.03. The predicted molar refractivity (Wildman–Crippen MR) is 98.8 cm³/mol. The highest BCUT2D eigenvalue weighted by molar-refractivity contribution is 8.26. The van der Waals surface area contributed by atoms with Crippen molar-refractivity contribution in [2.45, 2.75) is 0 Å². The van der Waals surface area contributed by atoms with E-state index in [4.69, 9.17) is 21.7 Å². The van der Waals surface area contributed by atoms with Gasteiger partial charge < -0.3 is 9.47 Å². The zero-order valence-corrected chi connectivity index (χ0v) is 14.4. The summed E-state index contributed by atoms with van der Waals surface area (Å²) in [5.41, 5.74) is 0.840. The molecule has 1 heterocycles. The molecule has 0 spiro atoms. The average molecular weight is 347 g/mol. The van der Waals surface area contributed by atoms with E-state index in [-0.39, 0.29) is 5.91 Å². The molecule has 0 bridgehead atoms. The van der Waals surface area contributed by atoms with Crippen molar-refractivity contribution < 1.29 is 14.3 Å². The van der Waals surface area contributed by atoms with E-state index < -0.39 is 0 Å². The Morgan fingerprint density at radius 2 is 2.09 bits per heavy atom. The van der Waals surface area contributed by atoms with E-state index in [1.807, 2.05) is 12.1 Å². The van der Waals surface area contributed by atoms with E-state index in [9.17, 15) is 4.79 Å².